The van der Waals surface area contributed by atoms with E-state index < -0.39 is 0 Å². The highest BCUT2D eigenvalue weighted by molar-refractivity contribution is 6.39. The molecule has 0 atom stereocenters. The summed E-state index contributed by atoms with van der Waals surface area (Å²) in [6.45, 7) is 0. The van der Waals surface area contributed by atoms with Crippen molar-refractivity contribution in [1.82, 2.24) is 20.0 Å². The monoisotopic (exact) mass is 307 g/mol. The minimum Gasteiger partial charge on any atom is -0.382 e. The second-order valence-corrected chi connectivity index (χ2v) is 5.17. The molecule has 102 valence electrons. The SMILES string of the molecule is Cn1cc(-c2[nH]nc(N)c2-c2c(Cl)cccc2Cl)cn1. The summed E-state index contributed by atoms with van der Waals surface area (Å²) < 4.78 is 1.70. The molecule has 0 aliphatic carbocycles. The summed E-state index contributed by atoms with van der Waals surface area (Å²) in [7, 11) is 1.84. The largest absolute Gasteiger partial charge is 0.382 e. The average molecular weight is 308 g/mol. The molecule has 1 aromatic carbocycles. The van der Waals surface area contributed by atoms with Crippen molar-refractivity contribution in [1.29, 1.82) is 0 Å². The van der Waals surface area contributed by atoms with Gasteiger partial charge in [0, 0.05) is 24.4 Å². The molecule has 0 amide bonds. The normalized spacial score (nSPS) is 10.9. The van der Waals surface area contributed by atoms with Crippen LogP contribution in [0.4, 0.5) is 5.82 Å². The number of H-pyrrole nitrogens is 1. The molecule has 2 aromatic heterocycles. The molecular weight excluding hydrogens is 297 g/mol. The van der Waals surface area contributed by atoms with E-state index in [9.17, 15) is 0 Å². The van der Waals surface area contributed by atoms with Gasteiger partial charge < -0.3 is 5.73 Å². The molecule has 5 nitrogen and oxygen atoms in total. The number of hydrogen-bond donors (Lipinski definition) is 2. The topological polar surface area (TPSA) is 72.5 Å². The Morgan fingerprint density at radius 1 is 1.20 bits per heavy atom. The Bertz CT molecular complexity index is 755. The molecule has 0 saturated heterocycles. The van der Waals surface area contributed by atoms with Crippen LogP contribution >= 0.6 is 23.2 Å². The van der Waals surface area contributed by atoms with E-state index in [4.69, 9.17) is 28.9 Å². The molecule has 0 spiro atoms. The fourth-order valence-corrected chi connectivity index (χ4v) is 2.69. The van der Waals surface area contributed by atoms with Gasteiger partial charge in [-0.15, -0.1) is 0 Å². The van der Waals surface area contributed by atoms with Gasteiger partial charge in [-0.1, -0.05) is 29.3 Å². The summed E-state index contributed by atoms with van der Waals surface area (Å²) in [6, 6.07) is 5.32. The fourth-order valence-electron chi connectivity index (χ4n) is 2.10. The molecule has 20 heavy (non-hydrogen) atoms. The van der Waals surface area contributed by atoms with Crippen LogP contribution < -0.4 is 5.73 Å². The van der Waals surface area contributed by atoms with E-state index in [0.29, 0.717) is 27.0 Å². The highest BCUT2D eigenvalue weighted by Crippen LogP contribution is 2.42. The van der Waals surface area contributed by atoms with Gasteiger partial charge in [0.15, 0.2) is 5.82 Å². The van der Waals surface area contributed by atoms with Crippen LogP contribution in [-0.4, -0.2) is 20.0 Å². The predicted molar refractivity (Wildman–Crippen MR) is 80.7 cm³/mol. The lowest BCUT2D eigenvalue weighted by molar-refractivity contribution is 0.768. The Morgan fingerprint density at radius 2 is 1.90 bits per heavy atom. The van der Waals surface area contributed by atoms with Crippen molar-refractivity contribution >= 4 is 29.0 Å². The van der Waals surface area contributed by atoms with Crippen LogP contribution in [0.3, 0.4) is 0 Å². The van der Waals surface area contributed by atoms with Gasteiger partial charge in [-0.25, -0.2) is 0 Å². The van der Waals surface area contributed by atoms with Crippen LogP contribution in [0.1, 0.15) is 0 Å². The number of aryl methyl sites for hydroxylation is 1. The van der Waals surface area contributed by atoms with E-state index in [1.165, 1.54) is 0 Å². The van der Waals surface area contributed by atoms with E-state index in [1.807, 2.05) is 13.2 Å². The summed E-state index contributed by atoms with van der Waals surface area (Å²) in [5.74, 6) is 0.346. The predicted octanol–water partition coefficient (Wildman–Crippen LogP) is 3.37. The van der Waals surface area contributed by atoms with E-state index in [2.05, 4.69) is 15.3 Å². The number of rotatable bonds is 2. The van der Waals surface area contributed by atoms with Crippen LogP contribution in [0.25, 0.3) is 22.4 Å². The second kappa shape index (κ2) is 4.85. The molecular formula is C13H11Cl2N5. The number of hydrogen-bond acceptors (Lipinski definition) is 3. The maximum atomic E-state index is 6.26. The summed E-state index contributed by atoms with van der Waals surface area (Å²) in [4.78, 5) is 0. The number of benzene rings is 1. The highest BCUT2D eigenvalue weighted by atomic mass is 35.5. The van der Waals surface area contributed by atoms with E-state index in [0.717, 1.165) is 11.3 Å². The lowest BCUT2D eigenvalue weighted by Crippen LogP contribution is -1.90. The molecule has 0 unspecified atom stereocenters. The van der Waals surface area contributed by atoms with Crippen LogP contribution in [0.5, 0.6) is 0 Å². The molecule has 3 rings (SSSR count). The van der Waals surface area contributed by atoms with Crippen molar-refractivity contribution in [2.75, 3.05) is 5.73 Å². The molecule has 0 saturated carbocycles. The number of aromatic amines is 1. The van der Waals surface area contributed by atoms with Gasteiger partial charge in [-0.05, 0) is 12.1 Å². The lowest BCUT2D eigenvalue weighted by Gasteiger charge is -2.07. The fraction of sp³-hybridized carbons (Fsp3) is 0.0769. The minimum absolute atomic E-state index is 0.346. The highest BCUT2D eigenvalue weighted by Gasteiger charge is 2.20. The molecule has 0 aliphatic rings. The Kier molecular flexibility index (Phi) is 3.16. The van der Waals surface area contributed by atoms with Gasteiger partial charge in [0.2, 0.25) is 0 Å². The first-order valence-corrected chi connectivity index (χ1v) is 6.60. The Balaban J connectivity index is 2.27. The maximum absolute atomic E-state index is 6.26. The summed E-state index contributed by atoms with van der Waals surface area (Å²) in [5, 5.41) is 12.2. The number of anilines is 1. The number of nitrogen functional groups attached to an aromatic ring is 1. The molecule has 3 aromatic rings. The number of nitrogens with zero attached hydrogens (tertiary/aromatic N) is 3. The van der Waals surface area contributed by atoms with E-state index in [-0.39, 0.29) is 0 Å². The maximum Gasteiger partial charge on any atom is 0.153 e. The third kappa shape index (κ3) is 2.05. The second-order valence-electron chi connectivity index (χ2n) is 4.36. The Morgan fingerprint density at radius 3 is 2.50 bits per heavy atom. The zero-order valence-corrected chi connectivity index (χ0v) is 12.1. The number of nitrogens with two attached hydrogens (primary N) is 1. The molecule has 0 radical (unpaired) electrons. The van der Waals surface area contributed by atoms with Gasteiger partial charge in [-0.3, -0.25) is 9.78 Å². The lowest BCUT2D eigenvalue weighted by atomic mass is 10.0. The van der Waals surface area contributed by atoms with Crippen molar-refractivity contribution in [2.45, 2.75) is 0 Å². The first-order valence-electron chi connectivity index (χ1n) is 5.85. The first-order chi connectivity index (χ1) is 9.58. The minimum atomic E-state index is 0.346. The summed E-state index contributed by atoms with van der Waals surface area (Å²) >= 11 is 12.5. The summed E-state index contributed by atoms with van der Waals surface area (Å²) in [6.07, 6.45) is 3.59. The third-order valence-corrected chi connectivity index (χ3v) is 3.63. The van der Waals surface area contributed by atoms with Crippen molar-refractivity contribution in [2.24, 2.45) is 7.05 Å². The van der Waals surface area contributed by atoms with Gasteiger partial charge in [0.05, 0.1) is 27.5 Å². The van der Waals surface area contributed by atoms with Crippen molar-refractivity contribution in [3.63, 3.8) is 0 Å². The number of nitrogens with one attached hydrogen (secondary N) is 1. The molecule has 3 N–H and O–H groups in total. The molecule has 7 heteroatoms. The molecule has 0 bridgehead atoms. The quantitative estimate of drug-likeness (QED) is 0.762. The standard InChI is InChI=1S/C13H11Cl2N5/c1-20-6-7(5-17-20)12-11(13(16)19-18-12)10-8(14)3-2-4-9(10)15/h2-6H,1H3,(H3,16,18,19). The first kappa shape index (κ1) is 13.0. The third-order valence-electron chi connectivity index (χ3n) is 3.00. The number of aromatic nitrogens is 4. The molecule has 0 aliphatic heterocycles. The van der Waals surface area contributed by atoms with Crippen LogP contribution in [0.2, 0.25) is 10.0 Å². The van der Waals surface area contributed by atoms with Crippen LogP contribution in [0.15, 0.2) is 30.6 Å². The van der Waals surface area contributed by atoms with Crippen molar-refractivity contribution in [3.8, 4) is 22.4 Å². The van der Waals surface area contributed by atoms with Gasteiger partial charge >= 0.3 is 0 Å². The van der Waals surface area contributed by atoms with Crippen LogP contribution in [0, 0.1) is 0 Å². The van der Waals surface area contributed by atoms with Crippen LogP contribution in [-0.2, 0) is 7.05 Å². The zero-order chi connectivity index (χ0) is 14.3. The van der Waals surface area contributed by atoms with Crippen molar-refractivity contribution < 1.29 is 0 Å². The number of halogens is 2. The zero-order valence-electron chi connectivity index (χ0n) is 10.6. The van der Waals surface area contributed by atoms with Crippen molar-refractivity contribution in [3.05, 3.63) is 40.6 Å². The Labute approximate surface area is 125 Å². The summed E-state index contributed by atoms with van der Waals surface area (Å²) in [5.41, 5.74) is 8.93. The smallest absolute Gasteiger partial charge is 0.153 e. The van der Waals surface area contributed by atoms with Gasteiger partial charge in [0.1, 0.15) is 0 Å². The average Bonchev–Trinajstić information content (AvgIpc) is 2.97. The molecule has 0 fully saturated rings. The van der Waals surface area contributed by atoms with E-state index >= 15 is 0 Å². The van der Waals surface area contributed by atoms with Gasteiger partial charge in [0.25, 0.3) is 0 Å². The molecule has 2 heterocycles. The Hall–Kier alpha value is -1.98. The van der Waals surface area contributed by atoms with E-state index in [1.54, 1.807) is 29.1 Å². The van der Waals surface area contributed by atoms with Gasteiger partial charge in [-0.2, -0.15) is 10.2 Å².